The molecule has 1 amide bonds. The Hall–Kier alpha value is -0.650. The molecular weight excluding hydrogens is 160 g/mol. The average Bonchev–Trinajstić information content (AvgIpc) is 2.32. The van der Waals surface area contributed by atoms with Gasteiger partial charge in [-0.2, -0.15) is 0 Å². The number of hydrogen-bond donors (Lipinski definition) is 3. The van der Waals surface area contributed by atoms with Gasteiger partial charge >= 0.3 is 0 Å². The minimum absolute atomic E-state index is 0.366. The average molecular weight is 172 g/mol. The molecule has 1 saturated heterocycles. The number of carbonyl (C=O) groups excluding carboxylic acids is 1. The van der Waals surface area contributed by atoms with Gasteiger partial charge in [-0.3, -0.25) is 4.79 Å². The molecule has 1 rings (SSSR count). The van der Waals surface area contributed by atoms with Crippen molar-refractivity contribution >= 4 is 5.91 Å². The fourth-order valence-corrected chi connectivity index (χ4v) is 1.12. The highest BCUT2D eigenvalue weighted by molar-refractivity contribution is 5.81. The van der Waals surface area contributed by atoms with Gasteiger partial charge < -0.3 is 20.9 Å². The number of hydrogen-bond acceptors (Lipinski definition) is 4. The monoisotopic (exact) mass is 172 g/mol. The summed E-state index contributed by atoms with van der Waals surface area (Å²) in [6.07, 6.45) is -2.70. The van der Waals surface area contributed by atoms with E-state index in [0.717, 1.165) is 0 Å². The molecule has 1 heterocycles. The van der Waals surface area contributed by atoms with E-state index in [-0.39, 0.29) is 5.91 Å². The molecule has 0 aliphatic carbocycles. The van der Waals surface area contributed by atoms with Gasteiger partial charge in [-0.25, -0.2) is 0 Å². The Morgan fingerprint density at radius 2 is 2.33 bits per heavy atom. The van der Waals surface area contributed by atoms with Crippen molar-refractivity contribution in [1.29, 1.82) is 0 Å². The van der Waals surface area contributed by atoms with Gasteiger partial charge in [0.15, 0.2) is 6.10 Å². The molecule has 2 radical (unpaired) electrons. The van der Waals surface area contributed by atoms with Gasteiger partial charge in [0.05, 0.1) is 18.2 Å². The summed E-state index contributed by atoms with van der Waals surface area (Å²) in [5.41, 5.74) is 5.47. The van der Waals surface area contributed by atoms with Crippen LogP contribution in [-0.4, -0.2) is 42.4 Å². The third-order valence-corrected chi connectivity index (χ3v) is 1.89. The summed E-state index contributed by atoms with van der Waals surface area (Å²) in [5.74, 6) is -0.366. The number of nitrogens with one attached hydrogen (secondary N) is 1. The van der Waals surface area contributed by atoms with Crippen molar-refractivity contribution in [3.05, 3.63) is 6.92 Å². The number of carbonyl (C=O) groups is 1. The van der Waals surface area contributed by atoms with Gasteiger partial charge in [0.1, 0.15) is 0 Å². The molecule has 1 fully saturated rings. The lowest BCUT2D eigenvalue weighted by Gasteiger charge is -2.13. The number of aliphatic hydroxyl groups excluding tert-OH is 1. The van der Waals surface area contributed by atoms with Gasteiger partial charge in [0, 0.05) is 7.05 Å². The summed E-state index contributed by atoms with van der Waals surface area (Å²) in [6, 6.07) is -0.750. The zero-order valence-electron chi connectivity index (χ0n) is 6.73. The van der Waals surface area contributed by atoms with E-state index in [2.05, 4.69) is 5.32 Å². The van der Waals surface area contributed by atoms with E-state index in [9.17, 15) is 9.90 Å². The van der Waals surface area contributed by atoms with Crippen LogP contribution in [0, 0.1) is 6.92 Å². The molecular formula is C7H12N2O3. The third-order valence-electron chi connectivity index (χ3n) is 1.89. The Kier molecular flexibility index (Phi) is 2.66. The molecule has 68 valence electrons. The maximum atomic E-state index is 11.0. The minimum Gasteiger partial charge on any atom is -0.389 e. The maximum absolute atomic E-state index is 11.0. The predicted molar refractivity (Wildman–Crippen MR) is 41.0 cm³/mol. The summed E-state index contributed by atoms with van der Waals surface area (Å²) in [5, 5.41) is 11.6. The van der Waals surface area contributed by atoms with Crippen LogP contribution in [0.15, 0.2) is 0 Å². The Morgan fingerprint density at radius 1 is 1.75 bits per heavy atom. The lowest BCUT2D eigenvalue weighted by molar-refractivity contribution is -0.131. The van der Waals surface area contributed by atoms with E-state index in [0.29, 0.717) is 0 Å². The van der Waals surface area contributed by atoms with Crippen LogP contribution in [0.5, 0.6) is 0 Å². The van der Waals surface area contributed by atoms with E-state index >= 15 is 0 Å². The lowest BCUT2D eigenvalue weighted by Crippen LogP contribution is -2.46. The lowest BCUT2D eigenvalue weighted by atomic mass is 10.1. The summed E-state index contributed by atoms with van der Waals surface area (Å²) in [4.78, 5) is 11.0. The zero-order valence-corrected chi connectivity index (χ0v) is 6.73. The zero-order chi connectivity index (χ0) is 9.30. The molecule has 4 atom stereocenters. The van der Waals surface area contributed by atoms with E-state index < -0.39 is 24.4 Å². The standard InChI is InChI=1S/C7H12N2O3/c1-3-5(10)4(8)6(12-3)7(11)9-2/h1,3-6,10H,8H2,2H3,(H,9,11)/t3-,4+,5?,6-/m0/s1. The minimum atomic E-state index is -0.979. The fourth-order valence-electron chi connectivity index (χ4n) is 1.12. The largest absolute Gasteiger partial charge is 0.389 e. The Morgan fingerprint density at radius 3 is 2.67 bits per heavy atom. The van der Waals surface area contributed by atoms with Crippen LogP contribution in [0.3, 0.4) is 0 Å². The van der Waals surface area contributed by atoms with Gasteiger partial charge in [-0.1, -0.05) is 0 Å². The molecule has 0 aromatic rings. The highest BCUT2D eigenvalue weighted by Crippen LogP contribution is 2.18. The first-order valence-corrected chi connectivity index (χ1v) is 3.64. The van der Waals surface area contributed by atoms with Gasteiger partial charge in [-0.05, 0) is 6.92 Å². The van der Waals surface area contributed by atoms with E-state index in [1.807, 2.05) is 0 Å². The Bertz CT molecular complexity index is 185. The third kappa shape index (κ3) is 1.43. The second-order valence-electron chi connectivity index (χ2n) is 2.70. The molecule has 0 bridgehead atoms. The molecule has 5 heteroatoms. The fraction of sp³-hybridized carbons (Fsp3) is 0.714. The summed E-state index contributed by atoms with van der Waals surface area (Å²) < 4.78 is 4.93. The topological polar surface area (TPSA) is 84.6 Å². The molecule has 5 nitrogen and oxygen atoms in total. The van der Waals surface area contributed by atoms with Gasteiger partial charge in [0.25, 0.3) is 5.91 Å². The Labute approximate surface area is 70.9 Å². The molecule has 12 heavy (non-hydrogen) atoms. The molecule has 0 spiro atoms. The summed E-state index contributed by atoms with van der Waals surface area (Å²) >= 11 is 0. The van der Waals surface area contributed by atoms with Crippen LogP contribution < -0.4 is 11.1 Å². The second kappa shape index (κ2) is 3.38. The molecule has 1 aliphatic heterocycles. The Balaban J connectivity index is 2.64. The first-order valence-electron chi connectivity index (χ1n) is 3.64. The van der Waals surface area contributed by atoms with Crippen LogP contribution in [-0.2, 0) is 9.53 Å². The van der Waals surface area contributed by atoms with Gasteiger partial charge in [0.2, 0.25) is 0 Å². The predicted octanol–water partition coefficient (Wildman–Crippen LogP) is -2.10. The number of ether oxygens (including phenoxy) is 1. The highest BCUT2D eigenvalue weighted by atomic mass is 16.5. The summed E-state index contributed by atoms with van der Waals surface area (Å²) in [6.45, 7) is 5.32. The van der Waals surface area contributed by atoms with Crippen LogP contribution >= 0.6 is 0 Å². The summed E-state index contributed by atoms with van der Waals surface area (Å²) in [7, 11) is 1.47. The van der Waals surface area contributed by atoms with Gasteiger partial charge in [-0.15, -0.1) is 0 Å². The molecule has 0 saturated carbocycles. The molecule has 0 aromatic carbocycles. The number of amides is 1. The van der Waals surface area contributed by atoms with Crippen molar-refractivity contribution in [2.45, 2.75) is 24.4 Å². The number of rotatable bonds is 1. The first-order chi connectivity index (χ1) is 5.57. The SMILES string of the molecule is [CH][C@@H]1O[C@H](C(=O)NC)[C@H](N)C1O. The van der Waals surface area contributed by atoms with Crippen LogP contribution in [0.2, 0.25) is 0 Å². The van der Waals surface area contributed by atoms with Crippen molar-refractivity contribution in [2.75, 3.05) is 7.05 Å². The van der Waals surface area contributed by atoms with E-state index in [1.54, 1.807) is 0 Å². The van der Waals surface area contributed by atoms with Crippen molar-refractivity contribution in [1.82, 2.24) is 5.32 Å². The van der Waals surface area contributed by atoms with Crippen molar-refractivity contribution < 1.29 is 14.6 Å². The number of aliphatic hydroxyl groups is 1. The van der Waals surface area contributed by atoms with Crippen molar-refractivity contribution in [3.8, 4) is 0 Å². The second-order valence-corrected chi connectivity index (χ2v) is 2.70. The van der Waals surface area contributed by atoms with E-state index in [4.69, 9.17) is 17.4 Å². The molecule has 4 N–H and O–H groups in total. The van der Waals surface area contributed by atoms with Crippen molar-refractivity contribution in [2.24, 2.45) is 5.73 Å². The quantitative estimate of drug-likeness (QED) is 0.423. The highest BCUT2D eigenvalue weighted by Gasteiger charge is 2.42. The molecule has 0 aromatic heterocycles. The smallest absolute Gasteiger partial charge is 0.250 e. The van der Waals surface area contributed by atoms with Crippen molar-refractivity contribution in [3.63, 3.8) is 0 Å². The molecule has 1 unspecified atom stereocenters. The van der Waals surface area contributed by atoms with Crippen LogP contribution in [0.1, 0.15) is 0 Å². The maximum Gasteiger partial charge on any atom is 0.250 e. The van der Waals surface area contributed by atoms with Crippen LogP contribution in [0.4, 0.5) is 0 Å². The first kappa shape index (κ1) is 9.44. The number of nitrogens with two attached hydrogens (primary N) is 1. The normalized spacial score (nSPS) is 41.3. The number of likely N-dealkylation sites (N-methyl/N-ethyl adjacent to an activating group) is 1. The van der Waals surface area contributed by atoms with Crippen LogP contribution in [0.25, 0.3) is 0 Å². The van der Waals surface area contributed by atoms with E-state index in [1.165, 1.54) is 7.05 Å². The molecule has 1 aliphatic rings.